The second-order valence-corrected chi connectivity index (χ2v) is 6.71. The summed E-state index contributed by atoms with van der Waals surface area (Å²) in [6.45, 7) is 7.10. The normalized spacial score (nSPS) is 16.4. The van der Waals surface area contributed by atoms with E-state index in [1.165, 1.54) is 11.1 Å². The summed E-state index contributed by atoms with van der Waals surface area (Å²) >= 11 is 0. The first-order valence-corrected chi connectivity index (χ1v) is 8.80. The first-order chi connectivity index (χ1) is 12.2. The highest BCUT2D eigenvalue weighted by Crippen LogP contribution is 2.21. The van der Waals surface area contributed by atoms with Crippen molar-refractivity contribution >= 4 is 11.0 Å². The SMILES string of the molecule is Cc1ccc2[nH]c(CN3CCC(Oc4ncccn4)CC3)nc2c1C. The molecule has 0 saturated carbocycles. The van der Waals surface area contributed by atoms with E-state index in [2.05, 4.69) is 45.8 Å². The number of likely N-dealkylation sites (tertiary alicyclic amines) is 1. The summed E-state index contributed by atoms with van der Waals surface area (Å²) in [5.41, 5.74) is 4.76. The molecular formula is C19H23N5O. The fraction of sp³-hybridized carbons (Fsp3) is 0.421. The number of piperidine rings is 1. The van der Waals surface area contributed by atoms with Gasteiger partial charge in [0.15, 0.2) is 0 Å². The number of fused-ring (bicyclic) bond motifs is 1. The van der Waals surface area contributed by atoms with Crippen molar-refractivity contribution in [2.75, 3.05) is 13.1 Å². The topological polar surface area (TPSA) is 66.9 Å². The number of benzene rings is 1. The van der Waals surface area contributed by atoms with Gasteiger partial charge in [-0.15, -0.1) is 0 Å². The maximum Gasteiger partial charge on any atom is 0.316 e. The van der Waals surface area contributed by atoms with Gasteiger partial charge in [0.1, 0.15) is 11.9 Å². The Morgan fingerprint density at radius 2 is 1.92 bits per heavy atom. The Morgan fingerprint density at radius 1 is 1.16 bits per heavy atom. The molecule has 130 valence electrons. The van der Waals surface area contributed by atoms with E-state index in [0.29, 0.717) is 6.01 Å². The predicted molar refractivity (Wildman–Crippen MR) is 96.5 cm³/mol. The molecule has 1 fully saturated rings. The van der Waals surface area contributed by atoms with Crippen molar-refractivity contribution in [2.45, 2.75) is 39.3 Å². The van der Waals surface area contributed by atoms with Crippen LogP contribution in [0.15, 0.2) is 30.6 Å². The van der Waals surface area contributed by atoms with E-state index in [1.54, 1.807) is 18.5 Å². The zero-order valence-electron chi connectivity index (χ0n) is 14.7. The third-order valence-corrected chi connectivity index (χ3v) is 4.95. The van der Waals surface area contributed by atoms with E-state index < -0.39 is 0 Å². The van der Waals surface area contributed by atoms with Gasteiger partial charge in [-0.1, -0.05) is 6.07 Å². The molecule has 0 aliphatic carbocycles. The van der Waals surface area contributed by atoms with Crippen LogP contribution in [0.2, 0.25) is 0 Å². The standard InChI is InChI=1S/C19H23N5O/c1-13-4-5-16-18(14(13)2)23-17(22-16)12-24-10-6-15(7-11-24)25-19-20-8-3-9-21-19/h3-5,8-9,15H,6-7,10-12H2,1-2H3,(H,22,23). The molecule has 3 aromatic rings. The minimum absolute atomic E-state index is 0.194. The molecule has 6 nitrogen and oxygen atoms in total. The van der Waals surface area contributed by atoms with Crippen molar-refractivity contribution < 1.29 is 4.74 Å². The van der Waals surface area contributed by atoms with Crippen molar-refractivity contribution in [2.24, 2.45) is 0 Å². The first-order valence-electron chi connectivity index (χ1n) is 8.80. The number of rotatable bonds is 4. The summed E-state index contributed by atoms with van der Waals surface area (Å²) in [6.07, 6.45) is 5.58. The van der Waals surface area contributed by atoms with Gasteiger partial charge in [-0.05, 0) is 49.9 Å². The van der Waals surface area contributed by atoms with Crippen molar-refractivity contribution in [3.63, 3.8) is 0 Å². The number of hydrogen-bond donors (Lipinski definition) is 1. The van der Waals surface area contributed by atoms with E-state index >= 15 is 0 Å². The lowest BCUT2D eigenvalue weighted by Crippen LogP contribution is -2.38. The number of hydrogen-bond acceptors (Lipinski definition) is 5. The lowest BCUT2D eigenvalue weighted by Gasteiger charge is -2.30. The molecule has 6 heteroatoms. The molecule has 0 spiro atoms. The third-order valence-electron chi connectivity index (χ3n) is 4.95. The molecule has 1 saturated heterocycles. The Hall–Kier alpha value is -2.47. The molecule has 2 aromatic heterocycles. The number of aryl methyl sites for hydroxylation is 2. The second kappa shape index (κ2) is 6.80. The largest absolute Gasteiger partial charge is 0.460 e. The van der Waals surface area contributed by atoms with Gasteiger partial charge in [0, 0.05) is 25.5 Å². The fourth-order valence-electron chi connectivity index (χ4n) is 3.33. The molecule has 0 radical (unpaired) electrons. The number of aromatic nitrogens is 4. The number of aromatic amines is 1. The smallest absolute Gasteiger partial charge is 0.316 e. The Balaban J connectivity index is 1.36. The Kier molecular flexibility index (Phi) is 4.36. The van der Waals surface area contributed by atoms with E-state index in [1.807, 2.05) is 0 Å². The quantitative estimate of drug-likeness (QED) is 0.793. The fourth-order valence-corrected chi connectivity index (χ4v) is 3.33. The summed E-state index contributed by atoms with van der Waals surface area (Å²) < 4.78 is 5.86. The summed E-state index contributed by atoms with van der Waals surface area (Å²) in [7, 11) is 0. The highest BCUT2D eigenvalue weighted by Gasteiger charge is 2.22. The summed E-state index contributed by atoms with van der Waals surface area (Å²) in [5, 5.41) is 0. The summed E-state index contributed by atoms with van der Waals surface area (Å²) in [5.74, 6) is 1.04. The number of H-pyrrole nitrogens is 1. The summed E-state index contributed by atoms with van der Waals surface area (Å²) in [6, 6.07) is 6.54. The van der Waals surface area contributed by atoms with Crippen LogP contribution in [0.1, 0.15) is 29.8 Å². The lowest BCUT2D eigenvalue weighted by atomic mass is 10.1. The van der Waals surface area contributed by atoms with Gasteiger partial charge in [-0.2, -0.15) is 0 Å². The highest BCUT2D eigenvalue weighted by molar-refractivity contribution is 5.79. The number of nitrogens with one attached hydrogen (secondary N) is 1. The molecule has 3 heterocycles. The minimum Gasteiger partial charge on any atom is -0.460 e. The molecule has 0 bridgehead atoms. The van der Waals surface area contributed by atoms with Crippen LogP contribution < -0.4 is 4.74 Å². The molecule has 1 aliphatic rings. The van der Waals surface area contributed by atoms with Crippen LogP contribution in [0.4, 0.5) is 0 Å². The van der Waals surface area contributed by atoms with Crippen LogP contribution >= 0.6 is 0 Å². The van der Waals surface area contributed by atoms with Gasteiger partial charge in [-0.25, -0.2) is 15.0 Å². The zero-order chi connectivity index (χ0) is 17.2. The average Bonchev–Trinajstić information content (AvgIpc) is 3.04. The van der Waals surface area contributed by atoms with Crippen LogP contribution in [0.3, 0.4) is 0 Å². The van der Waals surface area contributed by atoms with Gasteiger partial charge < -0.3 is 9.72 Å². The molecule has 1 N–H and O–H groups in total. The maximum absolute atomic E-state index is 5.86. The Morgan fingerprint density at radius 3 is 2.68 bits per heavy atom. The van der Waals surface area contributed by atoms with Gasteiger partial charge in [0.25, 0.3) is 0 Å². The predicted octanol–water partition coefficient (Wildman–Crippen LogP) is 3.01. The average molecular weight is 337 g/mol. The van der Waals surface area contributed by atoms with Crippen LogP contribution in [0.5, 0.6) is 6.01 Å². The van der Waals surface area contributed by atoms with Crippen LogP contribution in [0.25, 0.3) is 11.0 Å². The third kappa shape index (κ3) is 3.49. The molecule has 4 rings (SSSR count). The Labute approximate surface area is 147 Å². The van der Waals surface area contributed by atoms with E-state index in [9.17, 15) is 0 Å². The molecule has 0 unspecified atom stereocenters. The lowest BCUT2D eigenvalue weighted by molar-refractivity contribution is 0.0881. The van der Waals surface area contributed by atoms with E-state index in [0.717, 1.165) is 49.3 Å². The molecule has 0 amide bonds. The molecular weight excluding hydrogens is 314 g/mol. The minimum atomic E-state index is 0.194. The molecule has 1 aliphatic heterocycles. The number of nitrogens with zero attached hydrogens (tertiary/aromatic N) is 4. The second-order valence-electron chi connectivity index (χ2n) is 6.71. The van der Waals surface area contributed by atoms with Crippen molar-refractivity contribution in [1.29, 1.82) is 0 Å². The van der Waals surface area contributed by atoms with Crippen molar-refractivity contribution in [3.8, 4) is 6.01 Å². The van der Waals surface area contributed by atoms with Gasteiger partial charge in [0.05, 0.1) is 17.6 Å². The number of imidazole rings is 1. The molecule has 0 atom stereocenters. The summed E-state index contributed by atoms with van der Waals surface area (Å²) in [4.78, 5) is 19.0. The highest BCUT2D eigenvalue weighted by atomic mass is 16.5. The first kappa shape index (κ1) is 16.0. The van der Waals surface area contributed by atoms with Gasteiger partial charge in [0.2, 0.25) is 0 Å². The van der Waals surface area contributed by atoms with E-state index in [4.69, 9.17) is 9.72 Å². The van der Waals surface area contributed by atoms with Crippen LogP contribution in [0, 0.1) is 13.8 Å². The van der Waals surface area contributed by atoms with Crippen molar-refractivity contribution in [3.05, 3.63) is 47.5 Å². The maximum atomic E-state index is 5.86. The monoisotopic (exact) mass is 337 g/mol. The van der Waals surface area contributed by atoms with E-state index in [-0.39, 0.29) is 6.10 Å². The van der Waals surface area contributed by atoms with Crippen molar-refractivity contribution in [1.82, 2.24) is 24.8 Å². The zero-order valence-corrected chi connectivity index (χ0v) is 14.7. The van der Waals surface area contributed by atoms with Gasteiger partial charge >= 0.3 is 6.01 Å². The molecule has 25 heavy (non-hydrogen) atoms. The van der Waals surface area contributed by atoms with Crippen LogP contribution in [-0.4, -0.2) is 44.0 Å². The number of ether oxygens (including phenoxy) is 1. The molecule has 1 aromatic carbocycles. The van der Waals surface area contributed by atoms with Crippen LogP contribution in [-0.2, 0) is 6.54 Å². The Bertz CT molecular complexity index is 853. The van der Waals surface area contributed by atoms with Gasteiger partial charge in [-0.3, -0.25) is 4.90 Å².